The van der Waals surface area contributed by atoms with Gasteiger partial charge in [0.05, 0.1) is 11.4 Å². The standard InChI is InChI=1S/C16H17BrN8O2/c1-3-4-12-13(20-24-25(12)15-14(18)22-27-23-15)16(26)21-19-9(2)10-5-7-11(17)8-6-10/h5-8H,3-4H2,1-2H3,(H2,18,22)(H,21,26)/b19-9+. The number of carbonyl (C=O) groups is 1. The lowest BCUT2D eigenvalue weighted by atomic mass is 10.1. The van der Waals surface area contributed by atoms with E-state index in [1.54, 1.807) is 6.92 Å². The quantitative estimate of drug-likeness (QED) is 0.449. The smallest absolute Gasteiger partial charge is 0.293 e. The third-order valence-corrected chi connectivity index (χ3v) is 4.28. The normalized spacial score (nSPS) is 11.6. The molecule has 0 spiro atoms. The van der Waals surface area contributed by atoms with Crippen LogP contribution in [0.15, 0.2) is 38.5 Å². The molecule has 0 aliphatic carbocycles. The Morgan fingerprint density at radius 1 is 1.33 bits per heavy atom. The van der Waals surface area contributed by atoms with Crippen LogP contribution in [0, 0.1) is 0 Å². The number of anilines is 1. The van der Waals surface area contributed by atoms with E-state index in [9.17, 15) is 4.79 Å². The third kappa shape index (κ3) is 4.03. The van der Waals surface area contributed by atoms with E-state index in [0.29, 0.717) is 17.8 Å². The second kappa shape index (κ2) is 8.08. The van der Waals surface area contributed by atoms with Gasteiger partial charge in [0.25, 0.3) is 5.91 Å². The lowest BCUT2D eigenvalue weighted by Gasteiger charge is -2.05. The summed E-state index contributed by atoms with van der Waals surface area (Å²) in [6, 6.07) is 7.59. The fourth-order valence-electron chi connectivity index (χ4n) is 2.39. The van der Waals surface area contributed by atoms with Gasteiger partial charge in [-0.25, -0.2) is 10.1 Å². The van der Waals surface area contributed by atoms with Gasteiger partial charge in [0.1, 0.15) is 0 Å². The first-order valence-electron chi connectivity index (χ1n) is 8.14. The van der Waals surface area contributed by atoms with Crippen LogP contribution in [0.4, 0.5) is 5.82 Å². The van der Waals surface area contributed by atoms with Crippen molar-refractivity contribution in [2.45, 2.75) is 26.7 Å². The van der Waals surface area contributed by atoms with Crippen molar-refractivity contribution in [3.05, 3.63) is 45.7 Å². The molecule has 0 aliphatic heterocycles. The van der Waals surface area contributed by atoms with Crippen LogP contribution in [0.25, 0.3) is 5.82 Å². The average molecular weight is 433 g/mol. The summed E-state index contributed by atoms with van der Waals surface area (Å²) in [6.45, 7) is 3.77. The number of nitrogens with zero attached hydrogens (tertiary/aromatic N) is 6. The molecule has 3 aromatic rings. The van der Waals surface area contributed by atoms with Crippen LogP contribution in [0.1, 0.15) is 42.0 Å². The van der Waals surface area contributed by atoms with Crippen molar-refractivity contribution in [3.63, 3.8) is 0 Å². The van der Waals surface area contributed by atoms with Crippen LogP contribution >= 0.6 is 15.9 Å². The average Bonchev–Trinajstić information content (AvgIpc) is 3.26. The van der Waals surface area contributed by atoms with E-state index in [4.69, 9.17) is 5.73 Å². The number of amides is 1. The zero-order valence-corrected chi connectivity index (χ0v) is 16.3. The number of hydrogen-bond donors (Lipinski definition) is 2. The van der Waals surface area contributed by atoms with Crippen LogP contribution in [-0.4, -0.2) is 36.9 Å². The van der Waals surface area contributed by atoms with Gasteiger partial charge in [-0.05, 0) is 41.4 Å². The van der Waals surface area contributed by atoms with Crippen LogP contribution in [0.2, 0.25) is 0 Å². The third-order valence-electron chi connectivity index (χ3n) is 3.75. The molecule has 0 saturated heterocycles. The van der Waals surface area contributed by atoms with Crippen molar-refractivity contribution in [1.29, 1.82) is 0 Å². The van der Waals surface area contributed by atoms with Crippen molar-refractivity contribution in [2.24, 2.45) is 5.10 Å². The Hall–Kier alpha value is -3.08. The number of benzene rings is 1. The second-order valence-electron chi connectivity index (χ2n) is 5.66. The Balaban J connectivity index is 1.84. The predicted octanol–water partition coefficient (Wildman–Crippen LogP) is 2.10. The van der Waals surface area contributed by atoms with Crippen molar-refractivity contribution in [2.75, 3.05) is 5.73 Å². The minimum absolute atomic E-state index is 0.0633. The number of nitrogen functional groups attached to an aromatic ring is 1. The molecule has 0 saturated carbocycles. The van der Waals surface area contributed by atoms with Gasteiger partial charge in [-0.1, -0.05) is 46.6 Å². The number of hydrazone groups is 1. The van der Waals surface area contributed by atoms with Gasteiger partial charge < -0.3 is 5.73 Å². The highest BCUT2D eigenvalue weighted by Crippen LogP contribution is 2.17. The SMILES string of the molecule is CCCc1c(C(=O)N/N=C(\C)c2ccc(Br)cc2)nnn1-c1nonc1N. The van der Waals surface area contributed by atoms with Gasteiger partial charge in [-0.3, -0.25) is 4.79 Å². The molecule has 2 aromatic heterocycles. The van der Waals surface area contributed by atoms with E-state index in [-0.39, 0.29) is 17.3 Å². The fourth-order valence-corrected chi connectivity index (χ4v) is 2.65. The van der Waals surface area contributed by atoms with Crippen LogP contribution in [-0.2, 0) is 6.42 Å². The highest BCUT2D eigenvalue weighted by Gasteiger charge is 2.23. The minimum Gasteiger partial charge on any atom is -0.378 e. The molecule has 0 radical (unpaired) electrons. The summed E-state index contributed by atoms with van der Waals surface area (Å²) < 4.78 is 6.92. The van der Waals surface area contributed by atoms with Crippen molar-refractivity contribution >= 4 is 33.4 Å². The summed E-state index contributed by atoms with van der Waals surface area (Å²) in [5, 5.41) is 19.3. The highest BCUT2D eigenvalue weighted by atomic mass is 79.9. The van der Waals surface area contributed by atoms with Crippen LogP contribution < -0.4 is 11.2 Å². The molecular weight excluding hydrogens is 416 g/mol. The van der Waals surface area contributed by atoms with E-state index < -0.39 is 5.91 Å². The minimum atomic E-state index is -0.476. The number of carbonyl (C=O) groups excluding carboxylic acids is 1. The molecule has 0 bridgehead atoms. The lowest BCUT2D eigenvalue weighted by Crippen LogP contribution is -2.21. The van der Waals surface area contributed by atoms with E-state index in [1.807, 2.05) is 31.2 Å². The van der Waals surface area contributed by atoms with Crippen molar-refractivity contribution in [1.82, 2.24) is 30.7 Å². The number of nitrogens with two attached hydrogens (primary N) is 1. The zero-order valence-electron chi connectivity index (χ0n) is 14.7. The Labute approximate surface area is 162 Å². The van der Waals surface area contributed by atoms with Gasteiger partial charge >= 0.3 is 0 Å². The maximum Gasteiger partial charge on any atom is 0.293 e. The summed E-state index contributed by atoms with van der Waals surface area (Å²) in [6.07, 6.45) is 1.30. The van der Waals surface area contributed by atoms with E-state index >= 15 is 0 Å². The Bertz CT molecular complexity index is 977. The van der Waals surface area contributed by atoms with Crippen LogP contribution in [0.3, 0.4) is 0 Å². The maximum atomic E-state index is 12.6. The van der Waals surface area contributed by atoms with Gasteiger partial charge in [0.2, 0.25) is 11.6 Å². The first-order chi connectivity index (χ1) is 13.0. The highest BCUT2D eigenvalue weighted by molar-refractivity contribution is 9.10. The summed E-state index contributed by atoms with van der Waals surface area (Å²) in [5.41, 5.74) is 10.5. The molecule has 0 atom stereocenters. The monoisotopic (exact) mass is 432 g/mol. The Morgan fingerprint density at radius 2 is 2.07 bits per heavy atom. The number of rotatable bonds is 6. The summed E-state index contributed by atoms with van der Waals surface area (Å²) in [7, 11) is 0. The van der Waals surface area contributed by atoms with Gasteiger partial charge in [-0.2, -0.15) is 9.78 Å². The predicted molar refractivity (Wildman–Crippen MR) is 101 cm³/mol. The molecule has 11 heteroatoms. The van der Waals surface area contributed by atoms with Crippen molar-refractivity contribution < 1.29 is 9.42 Å². The van der Waals surface area contributed by atoms with Gasteiger partial charge in [-0.15, -0.1) is 5.10 Å². The topological polar surface area (TPSA) is 137 Å². The molecule has 1 amide bonds. The molecule has 3 rings (SSSR count). The van der Waals surface area contributed by atoms with E-state index in [0.717, 1.165) is 16.5 Å². The molecule has 0 fully saturated rings. The second-order valence-corrected chi connectivity index (χ2v) is 6.58. The van der Waals surface area contributed by atoms with E-state index in [2.05, 4.69) is 51.7 Å². The number of hydrogen-bond acceptors (Lipinski definition) is 8. The number of aromatic nitrogens is 5. The number of halogens is 1. The molecule has 0 aliphatic rings. The molecule has 3 N–H and O–H groups in total. The maximum absolute atomic E-state index is 12.6. The van der Waals surface area contributed by atoms with Crippen LogP contribution in [0.5, 0.6) is 0 Å². The molecule has 140 valence electrons. The lowest BCUT2D eigenvalue weighted by molar-refractivity contribution is 0.0948. The molecular formula is C16H17BrN8O2. The first-order valence-corrected chi connectivity index (χ1v) is 8.94. The molecule has 2 heterocycles. The van der Waals surface area contributed by atoms with Crippen molar-refractivity contribution in [3.8, 4) is 5.82 Å². The summed E-state index contributed by atoms with van der Waals surface area (Å²) in [5.74, 6) is -0.218. The first kappa shape index (κ1) is 18.7. The summed E-state index contributed by atoms with van der Waals surface area (Å²) >= 11 is 3.38. The summed E-state index contributed by atoms with van der Waals surface area (Å²) in [4.78, 5) is 12.6. The number of nitrogens with one attached hydrogen (secondary N) is 1. The fraction of sp³-hybridized carbons (Fsp3) is 0.250. The molecule has 27 heavy (non-hydrogen) atoms. The molecule has 1 aromatic carbocycles. The Morgan fingerprint density at radius 3 is 2.70 bits per heavy atom. The zero-order chi connectivity index (χ0) is 19.4. The largest absolute Gasteiger partial charge is 0.378 e. The molecule has 0 unspecified atom stereocenters. The Kier molecular flexibility index (Phi) is 5.60. The van der Waals surface area contributed by atoms with E-state index in [1.165, 1.54) is 4.68 Å². The molecule has 10 nitrogen and oxygen atoms in total. The van der Waals surface area contributed by atoms with Gasteiger partial charge in [0, 0.05) is 4.47 Å². The van der Waals surface area contributed by atoms with Gasteiger partial charge in [0.15, 0.2) is 5.69 Å².